The highest BCUT2D eigenvalue weighted by Gasteiger charge is 2.20. The number of halogens is 1. The van der Waals surface area contributed by atoms with Crippen LogP contribution in [0, 0.1) is 13.8 Å². The van der Waals surface area contributed by atoms with Gasteiger partial charge in [-0.25, -0.2) is 0 Å². The molecule has 0 aromatic heterocycles. The summed E-state index contributed by atoms with van der Waals surface area (Å²) in [5, 5.41) is 3.22. The Morgan fingerprint density at radius 3 is 2.50 bits per heavy atom. The van der Waals surface area contributed by atoms with E-state index in [2.05, 4.69) is 5.32 Å². The average Bonchev–Trinajstić information content (AvgIpc) is 2.65. The molecular weight excluding hydrogens is 382 g/mol. The summed E-state index contributed by atoms with van der Waals surface area (Å²) in [5.41, 5.74) is 2.23. The summed E-state index contributed by atoms with van der Waals surface area (Å²) in [6.07, 6.45) is -0.929. The van der Waals surface area contributed by atoms with E-state index < -0.39 is 18.0 Å². The fourth-order valence-electron chi connectivity index (χ4n) is 2.44. The van der Waals surface area contributed by atoms with Crippen molar-refractivity contribution in [2.75, 3.05) is 19.0 Å². The summed E-state index contributed by atoms with van der Waals surface area (Å²) >= 11 is 6.06. The number of amides is 1. The summed E-state index contributed by atoms with van der Waals surface area (Å²) in [5.74, 6) is 0.157. The van der Waals surface area contributed by atoms with E-state index >= 15 is 0 Å². The quantitative estimate of drug-likeness (QED) is 0.662. The second-order valence-corrected chi connectivity index (χ2v) is 6.69. The van der Waals surface area contributed by atoms with Crippen molar-refractivity contribution in [2.45, 2.75) is 33.3 Å². The maximum Gasteiger partial charge on any atom is 0.310 e. The molecule has 2 aromatic carbocycles. The fraction of sp³-hybridized carbons (Fsp3) is 0.333. The first kappa shape index (κ1) is 21.6. The van der Waals surface area contributed by atoms with E-state index in [1.54, 1.807) is 12.1 Å². The summed E-state index contributed by atoms with van der Waals surface area (Å²) in [6.45, 7) is 5.41. The molecule has 28 heavy (non-hydrogen) atoms. The lowest BCUT2D eigenvalue weighted by atomic mass is 10.2. The Morgan fingerprint density at radius 2 is 1.82 bits per heavy atom. The molecule has 1 N–H and O–H groups in total. The van der Waals surface area contributed by atoms with Gasteiger partial charge >= 0.3 is 5.97 Å². The third kappa shape index (κ3) is 5.89. The Kier molecular flexibility index (Phi) is 7.70. The minimum absolute atomic E-state index is 0.0370. The highest BCUT2D eigenvalue weighted by atomic mass is 35.5. The molecule has 0 spiro atoms. The number of anilines is 1. The second-order valence-electron chi connectivity index (χ2n) is 6.29. The standard InChI is InChI=1S/C21H24ClNO5/c1-13-7-5-6-8-18(13)27-10-9-20(24)28-15(3)21(25)23-17-11-14(2)16(22)12-19(17)26-4/h5-8,11-12,15H,9-10H2,1-4H3,(H,23,25)/t15-/m0/s1. The number of carbonyl (C=O) groups is 2. The molecule has 0 fully saturated rings. The molecule has 0 radical (unpaired) electrons. The van der Waals surface area contributed by atoms with Crippen molar-refractivity contribution < 1.29 is 23.8 Å². The van der Waals surface area contributed by atoms with Gasteiger partial charge in [0, 0.05) is 11.1 Å². The zero-order valence-electron chi connectivity index (χ0n) is 16.4. The Labute approximate surface area is 169 Å². The van der Waals surface area contributed by atoms with E-state index in [0.29, 0.717) is 22.2 Å². The number of ether oxygens (including phenoxy) is 3. The molecule has 0 aliphatic rings. The van der Waals surface area contributed by atoms with Gasteiger partial charge in [0.2, 0.25) is 0 Å². The maximum absolute atomic E-state index is 12.3. The minimum Gasteiger partial charge on any atom is -0.495 e. The van der Waals surface area contributed by atoms with Crippen molar-refractivity contribution in [2.24, 2.45) is 0 Å². The van der Waals surface area contributed by atoms with Crippen LogP contribution in [0.25, 0.3) is 0 Å². The highest BCUT2D eigenvalue weighted by Crippen LogP contribution is 2.31. The smallest absolute Gasteiger partial charge is 0.310 e. The molecule has 150 valence electrons. The van der Waals surface area contributed by atoms with E-state index in [0.717, 1.165) is 11.1 Å². The third-order valence-corrected chi connectivity index (χ3v) is 4.48. The predicted molar refractivity (Wildman–Crippen MR) is 108 cm³/mol. The van der Waals surface area contributed by atoms with Gasteiger partial charge in [0.25, 0.3) is 5.91 Å². The second kappa shape index (κ2) is 9.99. The van der Waals surface area contributed by atoms with Crippen molar-refractivity contribution in [1.29, 1.82) is 0 Å². The van der Waals surface area contributed by atoms with Gasteiger partial charge in [-0.1, -0.05) is 29.8 Å². The lowest BCUT2D eigenvalue weighted by Crippen LogP contribution is -2.30. The van der Waals surface area contributed by atoms with Crippen molar-refractivity contribution in [3.05, 3.63) is 52.5 Å². The summed E-state index contributed by atoms with van der Waals surface area (Å²) < 4.78 is 16.0. The summed E-state index contributed by atoms with van der Waals surface area (Å²) in [6, 6.07) is 10.8. The molecule has 0 bridgehead atoms. The van der Waals surface area contributed by atoms with Crippen LogP contribution in [0.15, 0.2) is 36.4 Å². The molecule has 0 aliphatic carbocycles. The number of hydrogen-bond donors (Lipinski definition) is 1. The number of benzene rings is 2. The first-order chi connectivity index (χ1) is 13.3. The minimum atomic E-state index is -0.966. The van der Waals surface area contributed by atoms with Gasteiger partial charge < -0.3 is 19.5 Å². The number of para-hydroxylation sites is 1. The van der Waals surface area contributed by atoms with Crippen LogP contribution < -0.4 is 14.8 Å². The van der Waals surface area contributed by atoms with Gasteiger partial charge in [-0.3, -0.25) is 9.59 Å². The highest BCUT2D eigenvalue weighted by molar-refractivity contribution is 6.31. The molecule has 0 unspecified atom stereocenters. The molecule has 0 aliphatic heterocycles. The predicted octanol–water partition coefficient (Wildman–Crippen LogP) is 4.30. The largest absolute Gasteiger partial charge is 0.495 e. The fourth-order valence-corrected chi connectivity index (χ4v) is 2.59. The van der Waals surface area contributed by atoms with Crippen LogP contribution >= 0.6 is 11.6 Å². The van der Waals surface area contributed by atoms with Crippen molar-refractivity contribution >= 4 is 29.2 Å². The molecule has 0 saturated heterocycles. The van der Waals surface area contributed by atoms with Crippen LogP contribution in [-0.4, -0.2) is 31.7 Å². The summed E-state index contributed by atoms with van der Waals surface area (Å²) in [7, 11) is 1.48. The molecule has 1 atom stereocenters. The number of nitrogens with one attached hydrogen (secondary N) is 1. The van der Waals surface area contributed by atoms with Gasteiger partial charge in [0.1, 0.15) is 11.5 Å². The van der Waals surface area contributed by atoms with E-state index in [1.165, 1.54) is 14.0 Å². The maximum atomic E-state index is 12.3. The van der Waals surface area contributed by atoms with Gasteiger partial charge in [0.05, 0.1) is 25.8 Å². The molecule has 1 amide bonds. The lowest BCUT2D eigenvalue weighted by Gasteiger charge is -2.16. The molecule has 0 heterocycles. The Hall–Kier alpha value is -2.73. The van der Waals surface area contributed by atoms with Crippen LogP contribution in [0.1, 0.15) is 24.5 Å². The van der Waals surface area contributed by atoms with E-state index in [1.807, 2.05) is 38.1 Å². The number of carbonyl (C=O) groups excluding carboxylic acids is 2. The Bertz CT molecular complexity index is 853. The first-order valence-corrected chi connectivity index (χ1v) is 9.22. The molecular formula is C21H24ClNO5. The third-order valence-electron chi connectivity index (χ3n) is 4.07. The number of esters is 1. The monoisotopic (exact) mass is 405 g/mol. The van der Waals surface area contributed by atoms with E-state index in [-0.39, 0.29) is 13.0 Å². The average molecular weight is 406 g/mol. The molecule has 6 nitrogen and oxygen atoms in total. The Morgan fingerprint density at radius 1 is 1.11 bits per heavy atom. The molecule has 2 rings (SSSR count). The van der Waals surface area contributed by atoms with Crippen LogP contribution in [-0.2, 0) is 14.3 Å². The van der Waals surface area contributed by atoms with Crippen LogP contribution in [0.4, 0.5) is 5.69 Å². The van der Waals surface area contributed by atoms with E-state index in [4.69, 9.17) is 25.8 Å². The first-order valence-electron chi connectivity index (χ1n) is 8.84. The van der Waals surface area contributed by atoms with Gasteiger partial charge in [-0.15, -0.1) is 0 Å². The molecule has 2 aromatic rings. The topological polar surface area (TPSA) is 73.9 Å². The summed E-state index contributed by atoms with van der Waals surface area (Å²) in [4.78, 5) is 24.3. The van der Waals surface area contributed by atoms with Crippen LogP contribution in [0.5, 0.6) is 11.5 Å². The Balaban J connectivity index is 1.85. The number of methoxy groups -OCH3 is 1. The SMILES string of the molecule is COc1cc(Cl)c(C)cc1NC(=O)[C@H](C)OC(=O)CCOc1ccccc1C. The molecule has 0 saturated carbocycles. The zero-order valence-corrected chi connectivity index (χ0v) is 17.1. The van der Waals surface area contributed by atoms with Gasteiger partial charge in [-0.2, -0.15) is 0 Å². The van der Waals surface area contributed by atoms with Gasteiger partial charge in [-0.05, 0) is 44.0 Å². The zero-order chi connectivity index (χ0) is 20.7. The lowest BCUT2D eigenvalue weighted by molar-refractivity contribution is -0.153. The number of rotatable bonds is 8. The normalized spacial score (nSPS) is 11.5. The molecule has 7 heteroatoms. The van der Waals surface area contributed by atoms with Crippen molar-refractivity contribution in [1.82, 2.24) is 0 Å². The van der Waals surface area contributed by atoms with Crippen LogP contribution in [0.2, 0.25) is 5.02 Å². The van der Waals surface area contributed by atoms with Crippen molar-refractivity contribution in [3.63, 3.8) is 0 Å². The van der Waals surface area contributed by atoms with Gasteiger partial charge in [0.15, 0.2) is 6.10 Å². The van der Waals surface area contributed by atoms with Crippen LogP contribution in [0.3, 0.4) is 0 Å². The van der Waals surface area contributed by atoms with E-state index in [9.17, 15) is 9.59 Å². The number of hydrogen-bond acceptors (Lipinski definition) is 5. The number of aryl methyl sites for hydroxylation is 2. The van der Waals surface area contributed by atoms with Crippen molar-refractivity contribution in [3.8, 4) is 11.5 Å².